The quantitative estimate of drug-likeness (QED) is 0.851. The van der Waals surface area contributed by atoms with Crippen LogP contribution in [0, 0.1) is 0 Å². The monoisotopic (exact) mass is 270 g/mol. The first-order chi connectivity index (χ1) is 9.74. The van der Waals surface area contributed by atoms with Crippen molar-refractivity contribution in [2.45, 2.75) is 12.6 Å². The summed E-state index contributed by atoms with van der Waals surface area (Å²) in [5.74, 6) is 0. The van der Waals surface area contributed by atoms with Crippen molar-refractivity contribution in [3.8, 4) is 0 Å². The van der Waals surface area contributed by atoms with Gasteiger partial charge in [0.05, 0.1) is 12.0 Å². The first kappa shape index (κ1) is 13.3. The van der Waals surface area contributed by atoms with Crippen molar-refractivity contribution < 1.29 is 0 Å². The van der Waals surface area contributed by atoms with E-state index in [0.29, 0.717) is 6.04 Å². The van der Waals surface area contributed by atoms with Crippen LogP contribution in [0.15, 0.2) is 42.9 Å². The molecular weight excluding hydrogens is 248 g/mol. The summed E-state index contributed by atoms with van der Waals surface area (Å²) in [5, 5.41) is 0. The highest BCUT2D eigenvalue weighted by Gasteiger charge is 2.25. The second kappa shape index (κ2) is 5.77. The molecule has 1 saturated heterocycles. The molecule has 106 valence electrons. The lowest BCUT2D eigenvalue weighted by atomic mass is 10.0. The molecule has 1 aromatic heterocycles. The fourth-order valence-corrected chi connectivity index (χ4v) is 2.87. The summed E-state index contributed by atoms with van der Waals surface area (Å²) in [4.78, 5) is 9.18. The second-order valence-corrected chi connectivity index (χ2v) is 5.64. The molecular formula is C16H22N4. The topological polar surface area (TPSA) is 24.3 Å². The van der Waals surface area contributed by atoms with Crippen molar-refractivity contribution in [3.05, 3.63) is 54.1 Å². The van der Waals surface area contributed by atoms with Crippen molar-refractivity contribution in [2.75, 3.05) is 26.7 Å². The van der Waals surface area contributed by atoms with Crippen LogP contribution in [0.4, 0.5) is 0 Å². The van der Waals surface area contributed by atoms with Crippen molar-refractivity contribution >= 4 is 0 Å². The van der Waals surface area contributed by atoms with E-state index in [-0.39, 0.29) is 0 Å². The molecule has 0 saturated carbocycles. The second-order valence-electron chi connectivity index (χ2n) is 5.64. The van der Waals surface area contributed by atoms with Gasteiger partial charge in [0.15, 0.2) is 0 Å². The highest BCUT2D eigenvalue weighted by molar-refractivity contribution is 5.20. The Balaban J connectivity index is 1.72. The normalized spacial score (nSPS) is 21.2. The van der Waals surface area contributed by atoms with Crippen molar-refractivity contribution in [2.24, 2.45) is 7.05 Å². The highest BCUT2D eigenvalue weighted by Crippen LogP contribution is 2.24. The minimum atomic E-state index is 0.484. The lowest BCUT2D eigenvalue weighted by Gasteiger charge is -2.39. The van der Waals surface area contributed by atoms with E-state index in [9.17, 15) is 0 Å². The van der Waals surface area contributed by atoms with Crippen LogP contribution in [0.3, 0.4) is 0 Å². The van der Waals surface area contributed by atoms with Crippen LogP contribution in [0.25, 0.3) is 0 Å². The predicted octanol–water partition coefficient (Wildman–Crippen LogP) is 1.91. The van der Waals surface area contributed by atoms with E-state index in [0.717, 1.165) is 26.2 Å². The molecule has 2 heterocycles. The Morgan fingerprint density at radius 2 is 1.95 bits per heavy atom. The maximum absolute atomic E-state index is 4.21. The number of hydrogen-bond acceptors (Lipinski definition) is 3. The van der Waals surface area contributed by atoms with Crippen LogP contribution in [0.5, 0.6) is 0 Å². The largest absolute Gasteiger partial charge is 0.337 e. The maximum Gasteiger partial charge on any atom is 0.0945 e. The first-order valence-electron chi connectivity index (χ1n) is 7.17. The van der Waals surface area contributed by atoms with Gasteiger partial charge in [-0.2, -0.15) is 0 Å². The van der Waals surface area contributed by atoms with Gasteiger partial charge in [-0.05, 0) is 12.6 Å². The Morgan fingerprint density at radius 1 is 1.15 bits per heavy atom. The minimum absolute atomic E-state index is 0.484. The van der Waals surface area contributed by atoms with E-state index in [4.69, 9.17) is 0 Å². The number of nitrogens with zero attached hydrogens (tertiary/aromatic N) is 4. The third-order valence-electron chi connectivity index (χ3n) is 4.22. The van der Waals surface area contributed by atoms with Crippen molar-refractivity contribution in [3.63, 3.8) is 0 Å². The smallest absolute Gasteiger partial charge is 0.0945 e. The Labute approximate surface area is 120 Å². The third kappa shape index (κ3) is 2.76. The van der Waals surface area contributed by atoms with Crippen LogP contribution >= 0.6 is 0 Å². The standard InChI is InChI=1S/C16H22N4/c1-18-8-9-20(11-15-10-17-13-19(15)2)12-16(18)14-6-4-3-5-7-14/h3-7,10,13,16H,8-9,11-12H2,1-2H3/t16-/m0/s1. The van der Waals surface area contributed by atoms with Gasteiger partial charge in [0.25, 0.3) is 0 Å². The van der Waals surface area contributed by atoms with E-state index in [2.05, 4.69) is 63.8 Å². The number of rotatable bonds is 3. The molecule has 0 bridgehead atoms. The van der Waals surface area contributed by atoms with Gasteiger partial charge in [-0.15, -0.1) is 0 Å². The van der Waals surface area contributed by atoms with E-state index < -0.39 is 0 Å². The van der Waals surface area contributed by atoms with Gasteiger partial charge in [0, 0.05) is 45.5 Å². The van der Waals surface area contributed by atoms with E-state index in [1.807, 2.05) is 12.5 Å². The lowest BCUT2D eigenvalue weighted by molar-refractivity contribution is 0.0890. The molecule has 0 amide bonds. The molecule has 0 spiro atoms. The fraction of sp³-hybridized carbons (Fsp3) is 0.438. The molecule has 1 atom stereocenters. The molecule has 0 aliphatic carbocycles. The Morgan fingerprint density at radius 3 is 2.65 bits per heavy atom. The molecule has 3 rings (SSSR count). The van der Waals surface area contributed by atoms with Crippen molar-refractivity contribution in [1.29, 1.82) is 0 Å². The SMILES string of the molecule is CN1CCN(Cc2cncn2C)C[C@H]1c1ccccc1. The predicted molar refractivity (Wildman–Crippen MR) is 80.3 cm³/mol. The third-order valence-corrected chi connectivity index (χ3v) is 4.22. The molecule has 2 aromatic rings. The summed E-state index contributed by atoms with van der Waals surface area (Å²) in [6.07, 6.45) is 3.84. The molecule has 0 unspecified atom stereocenters. The number of hydrogen-bond donors (Lipinski definition) is 0. The molecule has 1 aliphatic heterocycles. The van der Waals surface area contributed by atoms with Gasteiger partial charge in [-0.1, -0.05) is 30.3 Å². The lowest BCUT2D eigenvalue weighted by Crippen LogP contribution is -2.46. The highest BCUT2D eigenvalue weighted by atomic mass is 15.3. The van der Waals surface area contributed by atoms with Crippen LogP contribution in [-0.4, -0.2) is 46.0 Å². The van der Waals surface area contributed by atoms with Gasteiger partial charge in [-0.3, -0.25) is 9.80 Å². The summed E-state index contributed by atoms with van der Waals surface area (Å²) < 4.78 is 2.11. The van der Waals surface area contributed by atoms with Crippen LogP contribution in [-0.2, 0) is 13.6 Å². The number of aromatic nitrogens is 2. The van der Waals surface area contributed by atoms with Crippen LogP contribution in [0.1, 0.15) is 17.3 Å². The summed E-state index contributed by atoms with van der Waals surface area (Å²) in [6.45, 7) is 4.28. The van der Waals surface area contributed by atoms with Gasteiger partial charge in [0.2, 0.25) is 0 Å². The van der Waals surface area contributed by atoms with Gasteiger partial charge in [0.1, 0.15) is 0 Å². The number of aryl methyl sites for hydroxylation is 1. The number of piperazine rings is 1. The molecule has 1 fully saturated rings. The molecule has 1 aliphatic rings. The Bertz CT molecular complexity index is 549. The summed E-state index contributed by atoms with van der Waals surface area (Å²) in [6, 6.07) is 11.3. The van der Waals surface area contributed by atoms with Crippen molar-refractivity contribution in [1.82, 2.24) is 19.4 Å². The van der Waals surface area contributed by atoms with Crippen LogP contribution in [0.2, 0.25) is 0 Å². The zero-order chi connectivity index (χ0) is 13.9. The van der Waals surface area contributed by atoms with E-state index in [1.54, 1.807) is 0 Å². The zero-order valence-electron chi connectivity index (χ0n) is 12.2. The summed E-state index contributed by atoms with van der Waals surface area (Å²) in [7, 11) is 4.28. The fourth-order valence-electron chi connectivity index (χ4n) is 2.87. The van der Waals surface area contributed by atoms with Crippen LogP contribution < -0.4 is 0 Å². The molecule has 0 radical (unpaired) electrons. The molecule has 0 N–H and O–H groups in total. The van der Waals surface area contributed by atoms with Gasteiger partial charge >= 0.3 is 0 Å². The Kier molecular flexibility index (Phi) is 3.85. The number of benzene rings is 1. The Hall–Kier alpha value is -1.65. The molecule has 4 heteroatoms. The molecule has 20 heavy (non-hydrogen) atoms. The number of likely N-dealkylation sites (N-methyl/N-ethyl adjacent to an activating group) is 1. The van der Waals surface area contributed by atoms with E-state index in [1.165, 1.54) is 11.3 Å². The summed E-state index contributed by atoms with van der Waals surface area (Å²) >= 11 is 0. The maximum atomic E-state index is 4.21. The zero-order valence-corrected chi connectivity index (χ0v) is 12.2. The first-order valence-corrected chi connectivity index (χ1v) is 7.17. The van der Waals surface area contributed by atoms with Gasteiger partial charge < -0.3 is 4.57 Å². The minimum Gasteiger partial charge on any atom is -0.337 e. The number of imidazole rings is 1. The van der Waals surface area contributed by atoms with E-state index >= 15 is 0 Å². The average Bonchev–Trinajstić information content (AvgIpc) is 2.87. The summed E-state index contributed by atoms with van der Waals surface area (Å²) in [5.41, 5.74) is 2.69. The molecule has 4 nitrogen and oxygen atoms in total. The molecule has 1 aromatic carbocycles. The average molecular weight is 270 g/mol. The van der Waals surface area contributed by atoms with Gasteiger partial charge in [-0.25, -0.2) is 4.98 Å².